The second-order valence-corrected chi connectivity index (χ2v) is 7.13. The summed E-state index contributed by atoms with van der Waals surface area (Å²) in [5.41, 5.74) is 0.944. The van der Waals surface area contributed by atoms with E-state index in [2.05, 4.69) is 10.6 Å². The van der Waals surface area contributed by atoms with Crippen molar-refractivity contribution >= 4 is 23.8 Å². The van der Waals surface area contributed by atoms with Crippen LogP contribution in [0.4, 0.5) is 4.79 Å². The fraction of sp³-hybridized carbons (Fsp3) is 0.529. The lowest BCUT2D eigenvalue weighted by molar-refractivity contribution is -0.135. The number of alkyl carbamates (subject to hydrolysis) is 1. The smallest absolute Gasteiger partial charge is 0.407 e. The molecule has 2 unspecified atom stereocenters. The van der Waals surface area contributed by atoms with Crippen molar-refractivity contribution in [3.05, 3.63) is 35.9 Å². The van der Waals surface area contributed by atoms with Crippen LogP contribution in [-0.4, -0.2) is 54.2 Å². The first-order valence-corrected chi connectivity index (χ1v) is 9.44. The second kappa shape index (κ2) is 8.39. The second-order valence-electron chi connectivity index (χ2n) is 6.05. The summed E-state index contributed by atoms with van der Waals surface area (Å²) in [7, 11) is 0. The van der Waals surface area contributed by atoms with Crippen molar-refractivity contribution in [3.8, 4) is 0 Å². The van der Waals surface area contributed by atoms with Gasteiger partial charge in [-0.15, -0.1) is 11.8 Å². The molecule has 0 spiro atoms. The van der Waals surface area contributed by atoms with E-state index >= 15 is 0 Å². The van der Waals surface area contributed by atoms with Gasteiger partial charge in [0.2, 0.25) is 5.91 Å². The molecule has 2 saturated heterocycles. The van der Waals surface area contributed by atoms with E-state index in [1.165, 1.54) is 0 Å². The molecular weight excluding hydrogens is 326 g/mol. The zero-order chi connectivity index (χ0) is 16.8. The lowest BCUT2D eigenvalue weighted by Crippen LogP contribution is -2.55. The summed E-state index contributed by atoms with van der Waals surface area (Å²) in [5.74, 6) is 1.64. The van der Waals surface area contributed by atoms with Crippen LogP contribution >= 0.6 is 11.8 Å². The van der Waals surface area contributed by atoms with E-state index in [-0.39, 0.29) is 24.5 Å². The zero-order valence-corrected chi connectivity index (χ0v) is 14.4. The summed E-state index contributed by atoms with van der Waals surface area (Å²) in [6.45, 7) is 2.43. The number of ether oxygens (including phenoxy) is 1. The minimum absolute atomic E-state index is 0.126. The van der Waals surface area contributed by atoms with Gasteiger partial charge in [-0.1, -0.05) is 30.3 Å². The van der Waals surface area contributed by atoms with Crippen LogP contribution in [0.5, 0.6) is 0 Å². The number of thioether (sulfide) groups is 1. The van der Waals surface area contributed by atoms with Crippen LogP contribution in [0.1, 0.15) is 12.0 Å². The molecule has 7 heteroatoms. The Labute approximate surface area is 146 Å². The third-order valence-corrected chi connectivity index (χ3v) is 5.35. The number of piperidine rings is 1. The third kappa shape index (κ3) is 4.42. The number of nitrogens with zero attached hydrogens (tertiary/aromatic N) is 1. The fourth-order valence-electron chi connectivity index (χ4n) is 3.03. The molecule has 2 N–H and O–H groups in total. The van der Waals surface area contributed by atoms with Crippen LogP contribution in [0.25, 0.3) is 0 Å². The van der Waals surface area contributed by atoms with Gasteiger partial charge in [0, 0.05) is 24.9 Å². The molecule has 1 aromatic carbocycles. The molecule has 2 aliphatic rings. The highest BCUT2D eigenvalue weighted by Gasteiger charge is 2.35. The molecule has 1 aromatic rings. The standard InChI is InChI=1S/C17H23N3O3S/c21-16(20-8-9-24-12-20)14-10-18-7-6-15(14)19-17(22)23-11-13-4-2-1-3-5-13/h1-5,14-15,18H,6-12H2,(H,19,22). The zero-order valence-electron chi connectivity index (χ0n) is 13.6. The summed E-state index contributed by atoms with van der Waals surface area (Å²) in [6.07, 6.45) is 0.275. The first-order valence-electron chi connectivity index (χ1n) is 8.28. The quantitative estimate of drug-likeness (QED) is 0.860. The highest BCUT2D eigenvalue weighted by Crippen LogP contribution is 2.20. The number of hydrogen-bond acceptors (Lipinski definition) is 5. The fourth-order valence-corrected chi connectivity index (χ4v) is 3.98. The number of amides is 2. The largest absolute Gasteiger partial charge is 0.445 e. The van der Waals surface area contributed by atoms with E-state index in [0.717, 1.165) is 36.7 Å². The molecule has 0 bridgehead atoms. The maximum absolute atomic E-state index is 12.7. The van der Waals surface area contributed by atoms with Gasteiger partial charge in [0.25, 0.3) is 0 Å². The maximum atomic E-state index is 12.7. The normalized spacial score (nSPS) is 23.8. The number of nitrogens with one attached hydrogen (secondary N) is 2. The molecule has 0 radical (unpaired) electrons. The lowest BCUT2D eigenvalue weighted by Gasteiger charge is -2.33. The molecule has 2 heterocycles. The van der Waals surface area contributed by atoms with Gasteiger partial charge in [-0.2, -0.15) is 0 Å². The number of rotatable bonds is 4. The van der Waals surface area contributed by atoms with Gasteiger partial charge < -0.3 is 20.3 Å². The summed E-state index contributed by atoms with van der Waals surface area (Å²) < 4.78 is 5.28. The highest BCUT2D eigenvalue weighted by molar-refractivity contribution is 7.99. The maximum Gasteiger partial charge on any atom is 0.407 e. The molecule has 130 valence electrons. The van der Waals surface area contributed by atoms with Crippen LogP contribution in [-0.2, 0) is 16.1 Å². The third-order valence-electron chi connectivity index (χ3n) is 4.38. The Kier molecular flexibility index (Phi) is 5.98. The Bertz CT molecular complexity index is 563. The van der Waals surface area contributed by atoms with Crippen molar-refractivity contribution in [1.82, 2.24) is 15.5 Å². The summed E-state index contributed by atoms with van der Waals surface area (Å²) >= 11 is 1.77. The van der Waals surface area contributed by atoms with Gasteiger partial charge in [0.1, 0.15) is 6.61 Å². The number of hydrogen-bond donors (Lipinski definition) is 2. The monoisotopic (exact) mass is 349 g/mol. The van der Waals surface area contributed by atoms with Crippen LogP contribution in [0, 0.1) is 5.92 Å². The molecule has 0 aliphatic carbocycles. The molecule has 6 nitrogen and oxygen atoms in total. The Morgan fingerprint density at radius 2 is 2.17 bits per heavy atom. The van der Waals surface area contributed by atoms with Crippen molar-refractivity contribution in [3.63, 3.8) is 0 Å². The van der Waals surface area contributed by atoms with E-state index in [4.69, 9.17) is 4.74 Å². The van der Waals surface area contributed by atoms with Crippen molar-refractivity contribution in [2.45, 2.75) is 19.1 Å². The van der Waals surface area contributed by atoms with E-state index in [9.17, 15) is 9.59 Å². The predicted octanol–water partition coefficient (Wildman–Crippen LogP) is 1.42. The number of carbonyl (C=O) groups is 2. The van der Waals surface area contributed by atoms with E-state index in [0.29, 0.717) is 6.54 Å². The molecule has 24 heavy (non-hydrogen) atoms. The Balaban J connectivity index is 1.53. The average molecular weight is 349 g/mol. The van der Waals surface area contributed by atoms with Crippen LogP contribution in [0.2, 0.25) is 0 Å². The molecule has 0 saturated carbocycles. The Morgan fingerprint density at radius 3 is 2.92 bits per heavy atom. The molecule has 2 atom stereocenters. The number of carbonyl (C=O) groups excluding carboxylic acids is 2. The SMILES string of the molecule is O=C(NC1CCNCC1C(=O)N1CCSC1)OCc1ccccc1. The average Bonchev–Trinajstić information content (AvgIpc) is 3.15. The van der Waals surface area contributed by atoms with Crippen molar-refractivity contribution < 1.29 is 14.3 Å². The van der Waals surface area contributed by atoms with Gasteiger partial charge in [-0.25, -0.2) is 4.79 Å². The molecule has 0 aromatic heterocycles. The van der Waals surface area contributed by atoms with Gasteiger partial charge in [0.15, 0.2) is 0 Å². The summed E-state index contributed by atoms with van der Waals surface area (Å²) in [5, 5.41) is 6.14. The first kappa shape index (κ1) is 17.1. The molecule has 3 rings (SSSR count). The van der Waals surface area contributed by atoms with Crippen molar-refractivity contribution in [2.24, 2.45) is 5.92 Å². The van der Waals surface area contributed by atoms with Crippen molar-refractivity contribution in [1.29, 1.82) is 0 Å². The van der Waals surface area contributed by atoms with Gasteiger partial charge in [-0.3, -0.25) is 4.79 Å². The molecule has 2 fully saturated rings. The van der Waals surface area contributed by atoms with E-state index in [1.54, 1.807) is 11.8 Å². The Hall–Kier alpha value is -1.73. The van der Waals surface area contributed by atoms with E-state index < -0.39 is 6.09 Å². The molecule has 2 amide bonds. The Morgan fingerprint density at radius 1 is 1.33 bits per heavy atom. The van der Waals surface area contributed by atoms with Crippen LogP contribution < -0.4 is 10.6 Å². The number of benzene rings is 1. The predicted molar refractivity (Wildman–Crippen MR) is 93.6 cm³/mol. The topological polar surface area (TPSA) is 70.7 Å². The van der Waals surface area contributed by atoms with Gasteiger partial charge in [0.05, 0.1) is 11.8 Å². The first-order chi connectivity index (χ1) is 11.7. The van der Waals surface area contributed by atoms with Crippen molar-refractivity contribution in [2.75, 3.05) is 31.3 Å². The highest BCUT2D eigenvalue weighted by atomic mass is 32.2. The minimum atomic E-state index is -0.459. The van der Waals surface area contributed by atoms with Gasteiger partial charge >= 0.3 is 6.09 Å². The molecular formula is C17H23N3O3S. The van der Waals surface area contributed by atoms with E-state index in [1.807, 2.05) is 35.2 Å². The summed E-state index contributed by atoms with van der Waals surface area (Å²) in [6, 6.07) is 9.39. The van der Waals surface area contributed by atoms with Crippen LogP contribution in [0.15, 0.2) is 30.3 Å². The summed E-state index contributed by atoms with van der Waals surface area (Å²) in [4.78, 5) is 26.6. The minimum Gasteiger partial charge on any atom is -0.445 e. The van der Waals surface area contributed by atoms with Crippen LogP contribution in [0.3, 0.4) is 0 Å². The van der Waals surface area contributed by atoms with Gasteiger partial charge in [-0.05, 0) is 18.5 Å². The molecule has 2 aliphatic heterocycles. The lowest BCUT2D eigenvalue weighted by atomic mass is 9.92.